The predicted octanol–water partition coefficient (Wildman–Crippen LogP) is 0.915. The standard InChI is InChI=1S/C10H10N4O2/c1-6-4-2-3-5-7(6)16-10(15)8-9(11)13-14-12-8/h2-5H,1H3,(H3,11,12,13,14). The normalized spacial score (nSPS) is 10.1. The van der Waals surface area contributed by atoms with Gasteiger partial charge in [0.1, 0.15) is 5.75 Å². The SMILES string of the molecule is Cc1ccccc1OC(=O)c1n[nH]nc1N. The minimum atomic E-state index is -0.624. The first-order valence-corrected chi connectivity index (χ1v) is 4.62. The van der Waals surface area contributed by atoms with Crippen LogP contribution in [-0.2, 0) is 0 Å². The van der Waals surface area contributed by atoms with Gasteiger partial charge in [-0.1, -0.05) is 18.2 Å². The second-order valence-corrected chi connectivity index (χ2v) is 3.21. The van der Waals surface area contributed by atoms with Crippen LogP contribution in [0.25, 0.3) is 0 Å². The highest BCUT2D eigenvalue weighted by molar-refractivity contribution is 5.93. The van der Waals surface area contributed by atoms with Crippen LogP contribution in [0.15, 0.2) is 24.3 Å². The number of nitrogens with two attached hydrogens (primary N) is 1. The van der Waals surface area contributed by atoms with Gasteiger partial charge in [-0.05, 0) is 18.6 Å². The second kappa shape index (κ2) is 4.01. The van der Waals surface area contributed by atoms with Crippen LogP contribution in [0.4, 0.5) is 5.82 Å². The molecule has 3 N–H and O–H groups in total. The lowest BCUT2D eigenvalue weighted by molar-refractivity contribution is 0.0728. The van der Waals surface area contributed by atoms with Gasteiger partial charge >= 0.3 is 5.97 Å². The average Bonchev–Trinajstić information content (AvgIpc) is 2.68. The number of para-hydroxylation sites is 1. The third kappa shape index (κ3) is 1.85. The van der Waals surface area contributed by atoms with Gasteiger partial charge in [-0.15, -0.1) is 10.2 Å². The number of esters is 1. The molecule has 0 unspecified atom stereocenters. The molecule has 0 spiro atoms. The summed E-state index contributed by atoms with van der Waals surface area (Å²) in [5, 5.41) is 9.40. The Labute approximate surface area is 91.4 Å². The summed E-state index contributed by atoms with van der Waals surface area (Å²) >= 11 is 0. The zero-order valence-corrected chi connectivity index (χ0v) is 8.60. The number of nitrogen functional groups attached to an aromatic ring is 1. The van der Waals surface area contributed by atoms with Gasteiger partial charge in [0.2, 0.25) is 5.69 Å². The van der Waals surface area contributed by atoms with E-state index in [4.69, 9.17) is 10.5 Å². The Balaban J connectivity index is 2.21. The number of nitrogens with one attached hydrogen (secondary N) is 1. The number of aromatic nitrogens is 3. The van der Waals surface area contributed by atoms with E-state index >= 15 is 0 Å². The number of hydrogen-bond donors (Lipinski definition) is 2. The number of aromatic amines is 1. The van der Waals surface area contributed by atoms with E-state index in [-0.39, 0.29) is 11.5 Å². The molecule has 0 fully saturated rings. The third-order valence-electron chi connectivity index (χ3n) is 2.06. The molecule has 1 aromatic carbocycles. The lowest BCUT2D eigenvalue weighted by Crippen LogP contribution is -2.12. The Morgan fingerprint density at radius 1 is 1.38 bits per heavy atom. The highest BCUT2D eigenvalue weighted by atomic mass is 16.5. The number of anilines is 1. The summed E-state index contributed by atoms with van der Waals surface area (Å²) in [7, 11) is 0. The molecule has 0 atom stereocenters. The molecule has 1 aromatic heterocycles. The van der Waals surface area contributed by atoms with E-state index in [1.165, 1.54) is 0 Å². The first-order valence-electron chi connectivity index (χ1n) is 4.62. The van der Waals surface area contributed by atoms with Crippen molar-refractivity contribution in [2.45, 2.75) is 6.92 Å². The van der Waals surface area contributed by atoms with Crippen molar-refractivity contribution in [2.24, 2.45) is 0 Å². The van der Waals surface area contributed by atoms with Crippen LogP contribution >= 0.6 is 0 Å². The van der Waals surface area contributed by atoms with Gasteiger partial charge in [-0.2, -0.15) is 5.21 Å². The summed E-state index contributed by atoms with van der Waals surface area (Å²) in [5.41, 5.74) is 6.28. The Hall–Kier alpha value is -2.37. The minimum Gasteiger partial charge on any atom is -0.421 e. The molecule has 82 valence electrons. The van der Waals surface area contributed by atoms with Crippen molar-refractivity contribution in [3.63, 3.8) is 0 Å². The summed E-state index contributed by atoms with van der Waals surface area (Å²) in [6.07, 6.45) is 0. The Kier molecular flexibility index (Phi) is 2.55. The van der Waals surface area contributed by atoms with Crippen molar-refractivity contribution in [1.29, 1.82) is 0 Å². The van der Waals surface area contributed by atoms with Crippen LogP contribution in [0.1, 0.15) is 16.1 Å². The molecule has 2 rings (SSSR count). The molecule has 6 nitrogen and oxygen atoms in total. The molecule has 16 heavy (non-hydrogen) atoms. The fourth-order valence-electron chi connectivity index (χ4n) is 1.21. The van der Waals surface area contributed by atoms with E-state index in [9.17, 15) is 4.79 Å². The molecule has 0 radical (unpaired) electrons. The molecule has 0 aliphatic rings. The Morgan fingerprint density at radius 3 is 2.75 bits per heavy atom. The summed E-state index contributed by atoms with van der Waals surface area (Å²) in [4.78, 5) is 11.6. The summed E-state index contributed by atoms with van der Waals surface area (Å²) < 4.78 is 5.13. The van der Waals surface area contributed by atoms with Crippen LogP contribution < -0.4 is 10.5 Å². The third-order valence-corrected chi connectivity index (χ3v) is 2.06. The van der Waals surface area contributed by atoms with Gasteiger partial charge in [0.05, 0.1) is 0 Å². The number of rotatable bonds is 2. The van der Waals surface area contributed by atoms with Gasteiger partial charge in [0.15, 0.2) is 5.82 Å². The highest BCUT2D eigenvalue weighted by Crippen LogP contribution is 2.18. The number of aryl methyl sites for hydroxylation is 1. The number of H-pyrrole nitrogens is 1. The number of carbonyl (C=O) groups is 1. The summed E-state index contributed by atoms with van der Waals surface area (Å²) in [5.74, 6) is -0.117. The van der Waals surface area contributed by atoms with Crippen LogP contribution in [0, 0.1) is 6.92 Å². The molecule has 1 heterocycles. The van der Waals surface area contributed by atoms with Crippen molar-refractivity contribution >= 4 is 11.8 Å². The first-order chi connectivity index (χ1) is 7.68. The van der Waals surface area contributed by atoms with Crippen molar-refractivity contribution in [2.75, 3.05) is 5.73 Å². The molecule has 6 heteroatoms. The molecule has 0 aliphatic heterocycles. The van der Waals surface area contributed by atoms with Crippen molar-refractivity contribution in [3.8, 4) is 5.75 Å². The van der Waals surface area contributed by atoms with Gasteiger partial charge < -0.3 is 10.5 Å². The maximum Gasteiger partial charge on any atom is 0.368 e. The molecule has 0 saturated heterocycles. The second-order valence-electron chi connectivity index (χ2n) is 3.21. The molecule has 0 bridgehead atoms. The summed E-state index contributed by atoms with van der Waals surface area (Å²) in [6, 6.07) is 7.18. The molecule has 0 aliphatic carbocycles. The van der Waals surface area contributed by atoms with Gasteiger partial charge in [-0.25, -0.2) is 4.79 Å². The monoisotopic (exact) mass is 218 g/mol. The van der Waals surface area contributed by atoms with E-state index in [0.29, 0.717) is 5.75 Å². The number of ether oxygens (including phenoxy) is 1. The van der Waals surface area contributed by atoms with Crippen LogP contribution in [-0.4, -0.2) is 21.4 Å². The van der Waals surface area contributed by atoms with E-state index in [2.05, 4.69) is 15.4 Å². The quantitative estimate of drug-likeness (QED) is 0.577. The smallest absolute Gasteiger partial charge is 0.368 e. The molecule has 0 amide bonds. The fourth-order valence-corrected chi connectivity index (χ4v) is 1.21. The number of hydrogen-bond acceptors (Lipinski definition) is 5. The van der Waals surface area contributed by atoms with Crippen molar-refractivity contribution < 1.29 is 9.53 Å². The largest absolute Gasteiger partial charge is 0.421 e. The molecular formula is C10H10N4O2. The molecular weight excluding hydrogens is 208 g/mol. The predicted molar refractivity (Wildman–Crippen MR) is 56.9 cm³/mol. The number of carbonyl (C=O) groups excluding carboxylic acids is 1. The molecule has 0 saturated carbocycles. The van der Waals surface area contributed by atoms with Gasteiger partial charge in [0, 0.05) is 0 Å². The zero-order valence-electron chi connectivity index (χ0n) is 8.60. The lowest BCUT2D eigenvalue weighted by atomic mass is 10.2. The van der Waals surface area contributed by atoms with E-state index in [1.54, 1.807) is 12.1 Å². The van der Waals surface area contributed by atoms with E-state index < -0.39 is 5.97 Å². The topological polar surface area (TPSA) is 93.9 Å². The highest BCUT2D eigenvalue weighted by Gasteiger charge is 2.17. The van der Waals surface area contributed by atoms with Crippen molar-refractivity contribution in [3.05, 3.63) is 35.5 Å². The van der Waals surface area contributed by atoms with Crippen LogP contribution in [0.3, 0.4) is 0 Å². The first kappa shape index (κ1) is 10.2. The maximum atomic E-state index is 11.6. The van der Waals surface area contributed by atoms with Crippen molar-refractivity contribution in [1.82, 2.24) is 15.4 Å². The van der Waals surface area contributed by atoms with E-state index in [0.717, 1.165) is 5.56 Å². The maximum absolute atomic E-state index is 11.6. The van der Waals surface area contributed by atoms with E-state index in [1.807, 2.05) is 19.1 Å². The average molecular weight is 218 g/mol. The zero-order chi connectivity index (χ0) is 11.5. The van der Waals surface area contributed by atoms with Gasteiger partial charge in [0.25, 0.3) is 0 Å². The fraction of sp³-hybridized carbons (Fsp3) is 0.100. The number of nitrogens with zero attached hydrogens (tertiary/aromatic N) is 2. The lowest BCUT2D eigenvalue weighted by Gasteiger charge is -2.04. The number of benzene rings is 1. The Morgan fingerprint density at radius 2 is 2.12 bits per heavy atom. The van der Waals surface area contributed by atoms with Gasteiger partial charge in [-0.3, -0.25) is 0 Å². The van der Waals surface area contributed by atoms with Crippen LogP contribution in [0.5, 0.6) is 5.75 Å². The molecule has 2 aromatic rings. The van der Waals surface area contributed by atoms with Crippen LogP contribution in [0.2, 0.25) is 0 Å². The minimum absolute atomic E-state index is 0.0109. The summed E-state index contributed by atoms with van der Waals surface area (Å²) in [6.45, 7) is 1.84. The Bertz CT molecular complexity index is 521.